The van der Waals surface area contributed by atoms with Crippen LogP contribution in [0.2, 0.25) is 0 Å². The van der Waals surface area contributed by atoms with Crippen LogP contribution < -0.4 is 0 Å². The summed E-state index contributed by atoms with van der Waals surface area (Å²) >= 11 is 0. The van der Waals surface area contributed by atoms with Gasteiger partial charge in [-0.25, -0.2) is 0 Å². The summed E-state index contributed by atoms with van der Waals surface area (Å²) in [4.78, 5) is 0. The molecule has 1 heterocycles. The van der Waals surface area contributed by atoms with E-state index < -0.39 is 0 Å². The van der Waals surface area contributed by atoms with Gasteiger partial charge in [-0.2, -0.15) is 0 Å². The molecule has 1 rings (SSSR count). The molecule has 0 amide bonds. The Morgan fingerprint density at radius 3 is 2.38 bits per heavy atom. The minimum Gasteiger partial charge on any atom is -0.383 e. The fourth-order valence-electron chi connectivity index (χ4n) is 0.902. The topological polar surface area (TPSA) is 9.23 Å². The van der Waals surface area contributed by atoms with Crippen LogP contribution in [-0.2, 0) is 24.2 Å². The second-order valence-corrected chi connectivity index (χ2v) is 3.47. The van der Waals surface area contributed by atoms with Gasteiger partial charge in [-0.1, -0.05) is 0 Å². The Bertz CT molecular complexity index is 54.4. The average Bonchev–Trinajstić information content (AvgIpc) is 1.69. The molecule has 0 saturated carbocycles. The molecule has 1 aliphatic heterocycles. The summed E-state index contributed by atoms with van der Waals surface area (Å²) in [7, 11) is 1.23. The maximum Gasteiger partial charge on any atom is 0.0465 e. The first kappa shape index (κ1) is 8.80. The van der Waals surface area contributed by atoms with E-state index in [4.69, 9.17) is 4.74 Å². The van der Waals surface area contributed by atoms with E-state index in [2.05, 4.69) is 0 Å². The summed E-state index contributed by atoms with van der Waals surface area (Å²) in [6.07, 6.45) is 4.01. The standard InChI is InChI=1S/C5H12OSi.Zn/c7-5-3-1-2-4-6-5;/h5H,1-4H2,7H3;. The van der Waals surface area contributed by atoms with Crippen molar-refractivity contribution in [3.63, 3.8) is 0 Å². The van der Waals surface area contributed by atoms with Gasteiger partial charge in [-0.15, -0.1) is 0 Å². The van der Waals surface area contributed by atoms with Crippen LogP contribution in [-0.4, -0.2) is 22.6 Å². The molecule has 0 spiro atoms. The predicted octanol–water partition coefficient (Wildman–Crippen LogP) is -0.124. The number of ether oxygens (including phenoxy) is 1. The van der Waals surface area contributed by atoms with Crippen molar-refractivity contribution in [1.82, 2.24) is 0 Å². The summed E-state index contributed by atoms with van der Waals surface area (Å²) in [6.45, 7) is 1.02. The van der Waals surface area contributed by atoms with Crippen molar-refractivity contribution in [3.8, 4) is 0 Å². The van der Waals surface area contributed by atoms with Gasteiger partial charge in [0.05, 0.1) is 0 Å². The molecule has 1 saturated heterocycles. The number of hydrogen-bond donors (Lipinski definition) is 0. The molecule has 0 N–H and O–H groups in total. The molecule has 44 valence electrons. The Hall–Kier alpha value is 0.800. The minimum atomic E-state index is 0. The Morgan fingerprint density at radius 2 is 2.12 bits per heavy atom. The molecule has 3 heteroatoms. The van der Waals surface area contributed by atoms with Crippen molar-refractivity contribution in [2.75, 3.05) is 6.61 Å². The van der Waals surface area contributed by atoms with Crippen LogP contribution >= 0.6 is 0 Å². The summed E-state index contributed by atoms with van der Waals surface area (Å²) in [6, 6.07) is 0. The second-order valence-electron chi connectivity index (χ2n) is 2.18. The van der Waals surface area contributed by atoms with Gasteiger partial charge < -0.3 is 4.74 Å². The van der Waals surface area contributed by atoms with Crippen LogP contribution in [0.3, 0.4) is 0 Å². The third-order valence-electron chi connectivity index (χ3n) is 1.41. The summed E-state index contributed by atoms with van der Waals surface area (Å²) < 4.78 is 5.34. The van der Waals surface area contributed by atoms with Gasteiger partial charge in [-0.05, 0) is 19.3 Å². The number of hydrogen-bond acceptors (Lipinski definition) is 1. The molecule has 0 aromatic rings. The largest absolute Gasteiger partial charge is 0.383 e. The molecule has 1 fully saturated rings. The van der Waals surface area contributed by atoms with Crippen LogP contribution in [0.4, 0.5) is 0 Å². The second kappa shape index (κ2) is 4.66. The molecule has 1 aliphatic rings. The van der Waals surface area contributed by atoms with Crippen LogP contribution in [0.1, 0.15) is 19.3 Å². The van der Waals surface area contributed by atoms with Crippen molar-refractivity contribution in [1.29, 1.82) is 0 Å². The maximum atomic E-state index is 5.34. The van der Waals surface area contributed by atoms with Gasteiger partial charge in [0.15, 0.2) is 0 Å². The molecule has 1 unspecified atom stereocenters. The Labute approximate surface area is 66.4 Å². The zero-order valence-electron chi connectivity index (χ0n) is 5.52. The molecule has 1 nitrogen and oxygen atoms in total. The molecule has 1 atom stereocenters. The van der Waals surface area contributed by atoms with Crippen LogP contribution in [0, 0.1) is 0 Å². The van der Waals surface area contributed by atoms with E-state index in [-0.39, 0.29) is 19.5 Å². The summed E-state index contributed by atoms with van der Waals surface area (Å²) in [5, 5.41) is 0. The van der Waals surface area contributed by atoms with Gasteiger partial charge in [0, 0.05) is 42.1 Å². The fourth-order valence-corrected chi connectivity index (χ4v) is 1.55. The van der Waals surface area contributed by atoms with E-state index in [0.717, 1.165) is 6.61 Å². The molecule has 0 bridgehead atoms. The van der Waals surface area contributed by atoms with E-state index in [0.29, 0.717) is 5.73 Å². The zero-order valence-corrected chi connectivity index (χ0v) is 10.5. The van der Waals surface area contributed by atoms with Crippen LogP contribution in [0.5, 0.6) is 0 Å². The SMILES string of the molecule is [SiH3]C1CCCCO1.[Zn]. The predicted molar refractivity (Wildman–Crippen MR) is 33.5 cm³/mol. The van der Waals surface area contributed by atoms with E-state index in [1.165, 1.54) is 29.5 Å². The van der Waals surface area contributed by atoms with Gasteiger partial charge in [0.2, 0.25) is 0 Å². The molecule has 0 radical (unpaired) electrons. The normalized spacial score (nSPS) is 29.2. The minimum absolute atomic E-state index is 0. The summed E-state index contributed by atoms with van der Waals surface area (Å²) in [5.41, 5.74) is 0.675. The monoisotopic (exact) mass is 180 g/mol. The Morgan fingerprint density at radius 1 is 1.38 bits per heavy atom. The third kappa shape index (κ3) is 2.95. The van der Waals surface area contributed by atoms with Crippen molar-refractivity contribution in [2.45, 2.75) is 25.0 Å². The average molecular weight is 182 g/mol. The quantitative estimate of drug-likeness (QED) is 0.474. The first-order chi connectivity index (χ1) is 3.39. The molecule has 0 aromatic carbocycles. The van der Waals surface area contributed by atoms with Crippen molar-refractivity contribution < 1.29 is 24.2 Å². The molecule has 0 aromatic heterocycles. The van der Waals surface area contributed by atoms with Gasteiger partial charge >= 0.3 is 0 Å². The summed E-state index contributed by atoms with van der Waals surface area (Å²) in [5.74, 6) is 0. The molecular formula is C5H12OSiZn. The first-order valence-corrected chi connectivity index (χ1v) is 4.16. The van der Waals surface area contributed by atoms with E-state index in [1.54, 1.807) is 0 Å². The van der Waals surface area contributed by atoms with E-state index >= 15 is 0 Å². The van der Waals surface area contributed by atoms with Gasteiger partial charge in [0.1, 0.15) is 0 Å². The zero-order chi connectivity index (χ0) is 5.11. The van der Waals surface area contributed by atoms with E-state index in [1.807, 2.05) is 0 Å². The van der Waals surface area contributed by atoms with E-state index in [9.17, 15) is 0 Å². The maximum absolute atomic E-state index is 5.34. The van der Waals surface area contributed by atoms with Crippen molar-refractivity contribution in [3.05, 3.63) is 0 Å². The number of rotatable bonds is 0. The Balaban J connectivity index is 0.000000490. The van der Waals surface area contributed by atoms with Crippen molar-refractivity contribution in [2.24, 2.45) is 0 Å². The molecule has 8 heavy (non-hydrogen) atoms. The Kier molecular flexibility index (Phi) is 5.12. The first-order valence-electron chi connectivity index (χ1n) is 3.01. The smallest absolute Gasteiger partial charge is 0.0465 e. The van der Waals surface area contributed by atoms with Crippen LogP contribution in [0.25, 0.3) is 0 Å². The molecule has 0 aliphatic carbocycles. The molecular weight excluding hydrogens is 170 g/mol. The van der Waals surface area contributed by atoms with Gasteiger partial charge in [0.25, 0.3) is 0 Å². The third-order valence-corrected chi connectivity index (χ3v) is 2.32. The van der Waals surface area contributed by atoms with Gasteiger partial charge in [-0.3, -0.25) is 0 Å². The fraction of sp³-hybridized carbons (Fsp3) is 1.00. The van der Waals surface area contributed by atoms with Crippen molar-refractivity contribution >= 4 is 10.2 Å². The van der Waals surface area contributed by atoms with Crippen LogP contribution in [0.15, 0.2) is 0 Å².